The summed E-state index contributed by atoms with van der Waals surface area (Å²) in [5.74, 6) is 1.07. The lowest BCUT2D eigenvalue weighted by Gasteiger charge is -2.27. The van der Waals surface area contributed by atoms with Gasteiger partial charge in [0, 0.05) is 18.9 Å². The van der Waals surface area contributed by atoms with Crippen LogP contribution in [0.3, 0.4) is 0 Å². The number of aliphatic hydroxyl groups excluding tert-OH is 1. The van der Waals surface area contributed by atoms with Crippen molar-refractivity contribution in [3.05, 3.63) is 12.2 Å². The number of Topliss-reactive ketones (excluding diaryl/α,β-unsaturated/α-hetero) is 1. The topological polar surface area (TPSA) is 55.8 Å². The van der Waals surface area contributed by atoms with Crippen molar-refractivity contribution in [2.45, 2.75) is 83.3 Å². The van der Waals surface area contributed by atoms with Gasteiger partial charge >= 0.3 is 0 Å². The Bertz CT molecular complexity index is 407. The molecule has 0 amide bonds. The predicted octanol–water partition coefficient (Wildman–Crippen LogP) is 4.05. The van der Waals surface area contributed by atoms with Crippen molar-refractivity contribution in [3.63, 3.8) is 0 Å². The fourth-order valence-electron chi connectivity index (χ4n) is 4.15. The summed E-state index contributed by atoms with van der Waals surface area (Å²) in [5, 5.41) is 8.71. The molecule has 4 heteroatoms. The van der Waals surface area contributed by atoms with Crippen LogP contribution in [-0.2, 0) is 14.3 Å². The quantitative estimate of drug-likeness (QED) is 0.378. The molecule has 0 saturated carbocycles. The van der Waals surface area contributed by atoms with Crippen molar-refractivity contribution >= 4 is 5.78 Å². The van der Waals surface area contributed by atoms with E-state index in [2.05, 4.69) is 19.1 Å². The molecule has 0 unspecified atom stereocenters. The highest BCUT2D eigenvalue weighted by Crippen LogP contribution is 2.45. The van der Waals surface area contributed by atoms with E-state index in [1.54, 1.807) is 0 Å². The summed E-state index contributed by atoms with van der Waals surface area (Å²) >= 11 is 0. The van der Waals surface area contributed by atoms with Crippen LogP contribution in [0, 0.1) is 11.8 Å². The maximum Gasteiger partial charge on any atom is 0.158 e. The first kappa shape index (κ1) is 20.6. The average Bonchev–Trinajstić information content (AvgIpc) is 3.22. The third-order valence-electron chi connectivity index (χ3n) is 5.62. The van der Waals surface area contributed by atoms with E-state index in [0.717, 1.165) is 32.5 Å². The number of ketones is 1. The third kappa shape index (κ3) is 6.84. The maximum absolute atomic E-state index is 11.1. The van der Waals surface area contributed by atoms with Gasteiger partial charge in [-0.25, -0.2) is 0 Å². The number of hydrogen-bond acceptors (Lipinski definition) is 4. The van der Waals surface area contributed by atoms with E-state index >= 15 is 0 Å². The fraction of sp³-hybridized carbons (Fsp3) is 0.857. The van der Waals surface area contributed by atoms with Gasteiger partial charge in [0.2, 0.25) is 0 Å². The minimum atomic E-state index is -0.327. The summed E-state index contributed by atoms with van der Waals surface area (Å²) < 4.78 is 12.1. The van der Waals surface area contributed by atoms with Crippen LogP contribution in [-0.4, -0.2) is 42.9 Å². The van der Waals surface area contributed by atoms with Gasteiger partial charge in [-0.2, -0.15) is 0 Å². The number of carbonyl (C=O) groups is 1. The van der Waals surface area contributed by atoms with Gasteiger partial charge in [0.05, 0.1) is 18.8 Å². The monoisotopic (exact) mass is 352 g/mol. The normalized spacial score (nSPS) is 28.2. The third-order valence-corrected chi connectivity index (χ3v) is 5.62. The van der Waals surface area contributed by atoms with Crippen LogP contribution in [0.1, 0.15) is 71.1 Å². The highest BCUT2D eigenvalue weighted by atomic mass is 16.5. The molecule has 0 aromatic rings. The lowest BCUT2D eigenvalue weighted by Crippen LogP contribution is -2.30. The molecule has 2 fully saturated rings. The second kappa shape index (κ2) is 11.8. The van der Waals surface area contributed by atoms with E-state index in [-0.39, 0.29) is 12.4 Å². The Morgan fingerprint density at radius 2 is 1.92 bits per heavy atom. The number of rotatable bonds is 14. The van der Waals surface area contributed by atoms with Crippen molar-refractivity contribution in [1.82, 2.24) is 0 Å². The largest absolute Gasteiger partial charge is 0.389 e. The van der Waals surface area contributed by atoms with Crippen LogP contribution in [0.15, 0.2) is 12.2 Å². The Labute approximate surface area is 153 Å². The molecule has 0 spiro atoms. The van der Waals surface area contributed by atoms with Gasteiger partial charge in [-0.15, -0.1) is 0 Å². The number of unbranched alkanes of at least 4 members (excludes halogenated alkanes) is 4. The minimum Gasteiger partial charge on any atom is -0.389 e. The van der Waals surface area contributed by atoms with Gasteiger partial charge < -0.3 is 14.6 Å². The zero-order valence-electron chi connectivity index (χ0n) is 15.8. The second-order valence-corrected chi connectivity index (χ2v) is 7.55. The number of ether oxygens (including phenoxy) is 2. The zero-order valence-corrected chi connectivity index (χ0v) is 15.8. The van der Waals surface area contributed by atoms with Gasteiger partial charge in [0.1, 0.15) is 6.61 Å². The maximum atomic E-state index is 11.1. The molecule has 1 N–H and O–H groups in total. The van der Waals surface area contributed by atoms with Gasteiger partial charge in [0.15, 0.2) is 5.78 Å². The number of fused-ring (bicyclic) bond motifs is 2. The summed E-state index contributed by atoms with van der Waals surface area (Å²) in [5.41, 5.74) is 0. The summed E-state index contributed by atoms with van der Waals surface area (Å²) in [6, 6.07) is 0. The number of aliphatic hydroxyl groups is 1. The van der Waals surface area contributed by atoms with E-state index < -0.39 is 0 Å². The minimum absolute atomic E-state index is 0.0638. The Hall–Kier alpha value is -0.710. The van der Waals surface area contributed by atoms with E-state index in [1.165, 1.54) is 38.5 Å². The Kier molecular flexibility index (Phi) is 9.74. The lowest BCUT2D eigenvalue weighted by molar-refractivity contribution is -0.121. The molecule has 2 rings (SSSR count). The van der Waals surface area contributed by atoms with Crippen LogP contribution < -0.4 is 0 Å². The molecule has 144 valence electrons. The van der Waals surface area contributed by atoms with E-state index in [1.807, 2.05) is 0 Å². The first-order valence-electron chi connectivity index (χ1n) is 10.3. The first-order chi connectivity index (χ1) is 12.3. The van der Waals surface area contributed by atoms with Gasteiger partial charge in [-0.05, 0) is 44.4 Å². The molecule has 4 atom stereocenters. The number of allylic oxidation sites excluding steroid dienone is 2. The summed E-state index contributed by atoms with van der Waals surface area (Å²) in [6.07, 6.45) is 15.9. The number of carbonyl (C=O) groups excluding carboxylic acids is 1. The van der Waals surface area contributed by atoms with Crippen molar-refractivity contribution < 1.29 is 19.4 Å². The molecule has 2 saturated heterocycles. The molecule has 4 nitrogen and oxygen atoms in total. The standard InChI is InChI=1S/C21H36O4/c1-2-3-4-9-14-24-16-19-18(20-12-13-21(19)25-20)11-8-6-5-7-10-17(23)15-22/h6,8,18-22H,2-5,7,9-16H2,1H3/b8-6-/t18-,19+,20-,21+/m1/s1. The van der Waals surface area contributed by atoms with E-state index in [9.17, 15) is 4.79 Å². The Morgan fingerprint density at radius 3 is 2.68 bits per heavy atom. The van der Waals surface area contributed by atoms with Crippen molar-refractivity contribution in [2.24, 2.45) is 11.8 Å². The SMILES string of the molecule is CCCCCCOC[C@H]1[C@@H](C/C=C\CCCC(=O)CO)[C@H]2CC[C@@H]1O2. The van der Waals surface area contributed by atoms with Crippen molar-refractivity contribution in [1.29, 1.82) is 0 Å². The lowest BCUT2D eigenvalue weighted by atomic mass is 9.78. The van der Waals surface area contributed by atoms with Crippen LogP contribution in [0.2, 0.25) is 0 Å². The molecular formula is C21H36O4. The summed E-state index contributed by atoms with van der Waals surface area (Å²) in [7, 11) is 0. The molecule has 2 bridgehead atoms. The fourth-order valence-corrected chi connectivity index (χ4v) is 4.15. The first-order valence-corrected chi connectivity index (χ1v) is 10.3. The smallest absolute Gasteiger partial charge is 0.158 e. The number of hydrogen-bond donors (Lipinski definition) is 1. The molecule has 0 aromatic carbocycles. The molecule has 2 heterocycles. The molecule has 2 aliphatic rings. The molecule has 0 aliphatic carbocycles. The predicted molar refractivity (Wildman–Crippen MR) is 99.5 cm³/mol. The highest BCUT2D eigenvalue weighted by Gasteiger charge is 2.48. The Balaban J connectivity index is 1.64. The zero-order chi connectivity index (χ0) is 17.9. The van der Waals surface area contributed by atoms with Gasteiger partial charge in [0.25, 0.3) is 0 Å². The van der Waals surface area contributed by atoms with E-state index in [4.69, 9.17) is 14.6 Å². The van der Waals surface area contributed by atoms with Crippen LogP contribution in [0.5, 0.6) is 0 Å². The molecular weight excluding hydrogens is 316 g/mol. The highest BCUT2D eigenvalue weighted by molar-refractivity contribution is 5.79. The van der Waals surface area contributed by atoms with Gasteiger partial charge in [-0.1, -0.05) is 38.3 Å². The van der Waals surface area contributed by atoms with Crippen molar-refractivity contribution in [2.75, 3.05) is 19.8 Å². The molecule has 0 radical (unpaired) electrons. The molecule has 2 aliphatic heterocycles. The van der Waals surface area contributed by atoms with Crippen LogP contribution in [0.25, 0.3) is 0 Å². The second-order valence-electron chi connectivity index (χ2n) is 7.55. The van der Waals surface area contributed by atoms with Crippen LogP contribution in [0.4, 0.5) is 0 Å². The Morgan fingerprint density at radius 1 is 1.12 bits per heavy atom. The molecule has 0 aromatic heterocycles. The summed E-state index contributed by atoms with van der Waals surface area (Å²) in [4.78, 5) is 11.1. The van der Waals surface area contributed by atoms with Gasteiger partial charge in [-0.3, -0.25) is 4.79 Å². The summed E-state index contributed by atoms with van der Waals surface area (Å²) in [6.45, 7) is 3.63. The van der Waals surface area contributed by atoms with Crippen molar-refractivity contribution in [3.8, 4) is 0 Å². The average molecular weight is 353 g/mol. The van der Waals surface area contributed by atoms with E-state index in [0.29, 0.717) is 30.5 Å². The molecule has 25 heavy (non-hydrogen) atoms. The van der Waals surface area contributed by atoms with Crippen LogP contribution >= 0.6 is 0 Å².